The summed E-state index contributed by atoms with van der Waals surface area (Å²) in [5.74, 6) is -0.760. The van der Waals surface area contributed by atoms with E-state index in [1.165, 1.54) is 0 Å². The van der Waals surface area contributed by atoms with Gasteiger partial charge < -0.3 is 10.2 Å². The maximum Gasteiger partial charge on any atom is 0.325 e. The topological polar surface area (TPSA) is 104 Å². The van der Waals surface area contributed by atoms with E-state index in [2.05, 4.69) is 5.32 Å². The van der Waals surface area contributed by atoms with Crippen molar-refractivity contribution in [3.63, 3.8) is 0 Å². The summed E-state index contributed by atoms with van der Waals surface area (Å²) >= 11 is 0. The second-order valence-corrected chi connectivity index (χ2v) is 11.0. The first-order valence-electron chi connectivity index (χ1n) is 11.0. The van der Waals surface area contributed by atoms with Gasteiger partial charge in [0, 0.05) is 12.6 Å². The smallest absolute Gasteiger partial charge is 0.325 e. The second kappa shape index (κ2) is 8.26. The van der Waals surface area contributed by atoms with Gasteiger partial charge in [0.05, 0.1) is 11.5 Å². The zero-order valence-electron chi connectivity index (χ0n) is 17.8. The lowest BCUT2D eigenvalue weighted by Crippen LogP contribution is -2.49. The Kier molecular flexibility index (Phi) is 5.81. The summed E-state index contributed by atoms with van der Waals surface area (Å²) in [4.78, 5) is 42.0. The number of rotatable bonds is 6. The van der Waals surface area contributed by atoms with Crippen molar-refractivity contribution in [3.8, 4) is 0 Å². The lowest BCUT2D eigenvalue weighted by atomic mass is 9.76. The molecule has 2 aliphatic heterocycles. The Morgan fingerprint density at radius 1 is 1.29 bits per heavy atom. The number of fused-ring (bicyclic) bond motifs is 2. The molecule has 2 heterocycles. The SMILES string of the molecule is CCCCN(C(=O)CN1C(=O)N[C@@]2(CCCc3ccccc32)C1=O)[C@@H]1CCS(=O)(=O)C1. The predicted molar refractivity (Wildman–Crippen MR) is 115 cm³/mol. The number of amides is 4. The highest BCUT2D eigenvalue weighted by Crippen LogP contribution is 2.39. The standard InChI is InChI=1S/C22H29N3O5S/c1-2-3-12-24(17-10-13-31(29,30)15-17)19(26)14-25-20(27)22(23-21(25)28)11-6-8-16-7-4-5-9-18(16)22/h4-5,7,9,17H,2-3,6,8,10-15H2,1H3,(H,23,28)/t17-,22-/m1/s1. The Labute approximate surface area is 182 Å². The minimum Gasteiger partial charge on any atom is -0.337 e. The van der Waals surface area contributed by atoms with Gasteiger partial charge in [0.15, 0.2) is 9.84 Å². The van der Waals surface area contributed by atoms with Gasteiger partial charge in [0.25, 0.3) is 5.91 Å². The highest BCUT2D eigenvalue weighted by Gasteiger charge is 2.54. The van der Waals surface area contributed by atoms with Crippen LogP contribution in [0.3, 0.4) is 0 Å². The van der Waals surface area contributed by atoms with E-state index in [1.54, 1.807) is 4.90 Å². The molecule has 3 aliphatic rings. The molecule has 1 spiro atoms. The summed E-state index contributed by atoms with van der Waals surface area (Å²) in [5, 5.41) is 2.87. The fourth-order valence-electron chi connectivity index (χ4n) is 5.04. The molecular formula is C22H29N3O5S. The van der Waals surface area contributed by atoms with Gasteiger partial charge in [-0.15, -0.1) is 0 Å². The maximum absolute atomic E-state index is 13.4. The van der Waals surface area contributed by atoms with E-state index in [-0.39, 0.29) is 24.0 Å². The minimum atomic E-state index is -3.16. The number of hydrogen-bond acceptors (Lipinski definition) is 5. The number of benzene rings is 1. The van der Waals surface area contributed by atoms with Crippen LogP contribution in [0.5, 0.6) is 0 Å². The molecule has 168 valence electrons. The lowest BCUT2D eigenvalue weighted by molar-refractivity contribution is -0.140. The van der Waals surface area contributed by atoms with Crippen LogP contribution in [0, 0.1) is 0 Å². The maximum atomic E-state index is 13.4. The number of unbranched alkanes of at least 4 members (excludes halogenated alkanes) is 1. The van der Waals surface area contributed by atoms with Crippen LogP contribution in [0.1, 0.15) is 50.2 Å². The molecule has 8 nitrogen and oxygen atoms in total. The summed E-state index contributed by atoms with van der Waals surface area (Å²) in [7, 11) is -3.16. The molecule has 0 bridgehead atoms. The molecule has 1 N–H and O–H groups in total. The van der Waals surface area contributed by atoms with Crippen molar-refractivity contribution < 1.29 is 22.8 Å². The summed E-state index contributed by atoms with van der Waals surface area (Å²) in [6, 6.07) is 6.65. The molecular weight excluding hydrogens is 418 g/mol. The quantitative estimate of drug-likeness (QED) is 0.667. The van der Waals surface area contributed by atoms with E-state index in [4.69, 9.17) is 0 Å². The molecule has 0 radical (unpaired) electrons. The fourth-order valence-corrected chi connectivity index (χ4v) is 6.77. The third-order valence-corrected chi connectivity index (χ3v) is 8.42. The molecule has 2 atom stereocenters. The third kappa shape index (κ3) is 3.95. The second-order valence-electron chi connectivity index (χ2n) is 8.74. The van der Waals surface area contributed by atoms with Gasteiger partial charge in [0.2, 0.25) is 5.91 Å². The molecule has 1 aromatic carbocycles. The van der Waals surface area contributed by atoms with Crippen molar-refractivity contribution in [3.05, 3.63) is 35.4 Å². The van der Waals surface area contributed by atoms with Crippen LogP contribution in [0.2, 0.25) is 0 Å². The van der Waals surface area contributed by atoms with Crippen LogP contribution in [0.25, 0.3) is 0 Å². The number of imide groups is 1. The molecule has 9 heteroatoms. The average molecular weight is 448 g/mol. The van der Waals surface area contributed by atoms with E-state index >= 15 is 0 Å². The van der Waals surface area contributed by atoms with E-state index in [1.807, 2.05) is 31.2 Å². The Bertz CT molecular complexity index is 1010. The van der Waals surface area contributed by atoms with Gasteiger partial charge in [-0.05, 0) is 43.2 Å². The molecule has 2 saturated heterocycles. The zero-order valence-corrected chi connectivity index (χ0v) is 18.6. The van der Waals surface area contributed by atoms with Gasteiger partial charge in [-0.1, -0.05) is 37.6 Å². The number of nitrogens with one attached hydrogen (secondary N) is 1. The summed E-state index contributed by atoms with van der Waals surface area (Å²) in [6.07, 6.45) is 4.11. The Hall–Kier alpha value is -2.42. The molecule has 0 unspecified atom stereocenters. The molecule has 0 aromatic heterocycles. The van der Waals surface area contributed by atoms with Crippen molar-refractivity contribution in [2.24, 2.45) is 0 Å². The minimum absolute atomic E-state index is 0.0556. The van der Waals surface area contributed by atoms with Gasteiger partial charge in [-0.3, -0.25) is 14.5 Å². The first-order valence-corrected chi connectivity index (χ1v) is 12.8. The van der Waals surface area contributed by atoms with E-state index < -0.39 is 33.4 Å². The van der Waals surface area contributed by atoms with E-state index in [9.17, 15) is 22.8 Å². The highest BCUT2D eigenvalue weighted by molar-refractivity contribution is 7.91. The first kappa shape index (κ1) is 21.8. The number of carbonyl (C=O) groups is 3. The number of carbonyl (C=O) groups excluding carboxylic acids is 3. The van der Waals surface area contributed by atoms with Crippen LogP contribution in [0.4, 0.5) is 4.79 Å². The molecule has 0 saturated carbocycles. The van der Waals surface area contributed by atoms with Gasteiger partial charge >= 0.3 is 6.03 Å². The number of sulfone groups is 1. The summed E-state index contributed by atoms with van der Waals surface area (Å²) < 4.78 is 23.9. The van der Waals surface area contributed by atoms with Crippen molar-refractivity contribution >= 4 is 27.7 Å². The van der Waals surface area contributed by atoms with Crippen LogP contribution in [0.15, 0.2) is 24.3 Å². The van der Waals surface area contributed by atoms with Gasteiger partial charge in [-0.25, -0.2) is 13.2 Å². The summed E-state index contributed by atoms with van der Waals surface area (Å²) in [5.41, 5.74) is 0.729. The molecule has 31 heavy (non-hydrogen) atoms. The Morgan fingerprint density at radius 3 is 2.77 bits per heavy atom. The van der Waals surface area contributed by atoms with Crippen molar-refractivity contribution in [1.29, 1.82) is 0 Å². The van der Waals surface area contributed by atoms with E-state index in [0.717, 1.165) is 41.7 Å². The molecule has 4 rings (SSSR count). The van der Waals surface area contributed by atoms with Crippen molar-refractivity contribution in [2.75, 3.05) is 24.6 Å². The van der Waals surface area contributed by atoms with Crippen LogP contribution >= 0.6 is 0 Å². The third-order valence-electron chi connectivity index (χ3n) is 6.67. The van der Waals surface area contributed by atoms with Crippen LogP contribution in [-0.2, 0) is 31.4 Å². The zero-order chi connectivity index (χ0) is 22.2. The van der Waals surface area contributed by atoms with Crippen LogP contribution < -0.4 is 5.32 Å². The van der Waals surface area contributed by atoms with Crippen molar-refractivity contribution in [1.82, 2.24) is 15.1 Å². The van der Waals surface area contributed by atoms with Gasteiger partial charge in [-0.2, -0.15) is 0 Å². The number of aryl methyl sites for hydroxylation is 1. The van der Waals surface area contributed by atoms with E-state index in [0.29, 0.717) is 19.4 Å². The highest BCUT2D eigenvalue weighted by atomic mass is 32.2. The monoisotopic (exact) mass is 447 g/mol. The largest absolute Gasteiger partial charge is 0.337 e. The molecule has 1 aromatic rings. The first-order chi connectivity index (χ1) is 14.8. The van der Waals surface area contributed by atoms with Gasteiger partial charge in [0.1, 0.15) is 12.1 Å². The molecule has 2 fully saturated rings. The lowest BCUT2D eigenvalue weighted by Gasteiger charge is -2.33. The average Bonchev–Trinajstić information content (AvgIpc) is 3.21. The molecule has 1 aliphatic carbocycles. The number of nitrogens with zero attached hydrogens (tertiary/aromatic N) is 2. The number of urea groups is 1. The van der Waals surface area contributed by atoms with Crippen molar-refractivity contribution in [2.45, 2.75) is 57.0 Å². The van der Waals surface area contributed by atoms with Crippen LogP contribution in [-0.4, -0.2) is 66.7 Å². The normalized spacial score (nSPS) is 26.7. The Morgan fingerprint density at radius 2 is 2.06 bits per heavy atom. The Balaban J connectivity index is 1.55. The molecule has 4 amide bonds. The predicted octanol–water partition coefficient (Wildman–Crippen LogP) is 1.59. The fraction of sp³-hybridized carbons (Fsp3) is 0.591. The summed E-state index contributed by atoms with van der Waals surface area (Å²) in [6.45, 7) is 2.05. The number of hydrogen-bond donors (Lipinski definition) is 1.